The van der Waals surface area contributed by atoms with Crippen molar-refractivity contribution in [2.75, 3.05) is 23.8 Å². The Balaban J connectivity index is 2.38. The van der Waals surface area contributed by atoms with Gasteiger partial charge in [-0.2, -0.15) is 0 Å². The average molecular weight is 270 g/mol. The predicted molar refractivity (Wildman–Crippen MR) is 84.7 cm³/mol. The second kappa shape index (κ2) is 6.89. The molecule has 0 aliphatic carbocycles. The minimum Gasteiger partial charge on any atom is -0.373 e. The summed E-state index contributed by atoms with van der Waals surface area (Å²) in [6, 6.07) is 12.4. The second-order valence-corrected chi connectivity index (χ2v) is 4.75. The van der Waals surface area contributed by atoms with E-state index in [0.29, 0.717) is 0 Å². The lowest BCUT2D eigenvalue weighted by atomic mass is 10.2. The third kappa shape index (κ3) is 3.47. The first-order valence-corrected chi connectivity index (χ1v) is 7.10. The van der Waals surface area contributed by atoms with Crippen LogP contribution >= 0.6 is 0 Å². The molecule has 4 nitrogen and oxygen atoms in total. The number of hydrogen-bond acceptors (Lipinski definition) is 4. The van der Waals surface area contributed by atoms with Gasteiger partial charge < -0.3 is 10.2 Å². The van der Waals surface area contributed by atoms with Crippen LogP contribution in [0, 0.1) is 6.92 Å². The Bertz CT molecular complexity index is 539. The van der Waals surface area contributed by atoms with Gasteiger partial charge in [0, 0.05) is 25.3 Å². The minimum absolute atomic E-state index is 0.782. The fraction of sp³-hybridized carbons (Fsp3) is 0.375. The molecule has 0 spiro atoms. The highest BCUT2D eigenvalue weighted by molar-refractivity contribution is 5.62. The van der Waals surface area contributed by atoms with E-state index in [9.17, 15) is 0 Å². The van der Waals surface area contributed by atoms with Gasteiger partial charge in [0.05, 0.1) is 0 Å². The number of aryl methyl sites for hydroxylation is 1. The summed E-state index contributed by atoms with van der Waals surface area (Å²) in [5.41, 5.74) is 1.17. The third-order valence-electron chi connectivity index (χ3n) is 3.16. The van der Waals surface area contributed by atoms with Crippen molar-refractivity contribution < 1.29 is 0 Å². The molecule has 106 valence electrons. The van der Waals surface area contributed by atoms with E-state index < -0.39 is 0 Å². The van der Waals surface area contributed by atoms with Crippen molar-refractivity contribution >= 4 is 17.3 Å². The molecule has 0 aliphatic rings. The third-order valence-corrected chi connectivity index (χ3v) is 3.16. The van der Waals surface area contributed by atoms with Crippen LogP contribution in [0.2, 0.25) is 0 Å². The normalized spacial score (nSPS) is 10.3. The maximum absolute atomic E-state index is 4.59. The molecular formula is C16H22N4. The van der Waals surface area contributed by atoms with E-state index in [0.717, 1.165) is 36.8 Å². The Morgan fingerprint density at radius 1 is 1.15 bits per heavy atom. The summed E-state index contributed by atoms with van der Waals surface area (Å²) < 4.78 is 0. The van der Waals surface area contributed by atoms with E-state index in [-0.39, 0.29) is 0 Å². The number of benzene rings is 1. The van der Waals surface area contributed by atoms with Crippen LogP contribution in [0.3, 0.4) is 0 Å². The number of aromatic nitrogens is 2. The molecule has 0 fully saturated rings. The van der Waals surface area contributed by atoms with Crippen molar-refractivity contribution in [2.45, 2.75) is 26.7 Å². The lowest BCUT2D eigenvalue weighted by molar-refractivity contribution is 0.776. The molecule has 1 heterocycles. The molecule has 4 heteroatoms. The van der Waals surface area contributed by atoms with Crippen LogP contribution in [0.4, 0.5) is 17.3 Å². The number of para-hydroxylation sites is 1. The lowest BCUT2D eigenvalue weighted by Crippen LogP contribution is -2.20. The molecule has 0 atom stereocenters. The fourth-order valence-electron chi connectivity index (χ4n) is 2.12. The Labute approximate surface area is 120 Å². The van der Waals surface area contributed by atoms with Gasteiger partial charge in [-0.15, -0.1) is 0 Å². The number of anilines is 3. The Hall–Kier alpha value is -2.10. The summed E-state index contributed by atoms with van der Waals surface area (Å²) in [7, 11) is 1.88. The molecule has 2 rings (SSSR count). The van der Waals surface area contributed by atoms with Crippen molar-refractivity contribution in [2.24, 2.45) is 0 Å². The fourth-order valence-corrected chi connectivity index (χ4v) is 2.12. The average Bonchev–Trinajstić information content (AvgIpc) is 2.48. The summed E-state index contributed by atoms with van der Waals surface area (Å²) in [4.78, 5) is 11.2. The van der Waals surface area contributed by atoms with Crippen LogP contribution in [-0.4, -0.2) is 23.6 Å². The summed E-state index contributed by atoms with van der Waals surface area (Å²) in [6.45, 7) is 5.08. The van der Waals surface area contributed by atoms with Crippen LogP contribution in [0.15, 0.2) is 36.4 Å². The number of unbranched alkanes of at least 4 members (excludes halogenated alkanes) is 1. The molecule has 1 N–H and O–H groups in total. The zero-order valence-corrected chi connectivity index (χ0v) is 12.4. The van der Waals surface area contributed by atoms with Crippen molar-refractivity contribution in [3.63, 3.8) is 0 Å². The SMILES string of the molecule is CCCCN(c1ccccc1)c1cc(NC)nc(C)n1. The standard InChI is InChI=1S/C16H22N4/c1-4-5-11-20(14-9-7-6-8-10-14)16-12-15(17-3)18-13(2)19-16/h6-10,12H,4-5,11H2,1-3H3,(H,17,18,19). The first-order chi connectivity index (χ1) is 9.74. The van der Waals surface area contributed by atoms with Crippen LogP contribution in [0.1, 0.15) is 25.6 Å². The first kappa shape index (κ1) is 14.3. The molecule has 0 unspecified atom stereocenters. The predicted octanol–water partition coefficient (Wildman–Crippen LogP) is 3.76. The van der Waals surface area contributed by atoms with Gasteiger partial charge in [0.15, 0.2) is 0 Å². The van der Waals surface area contributed by atoms with Crippen molar-refractivity contribution in [1.82, 2.24) is 9.97 Å². The molecule has 0 bridgehead atoms. The Kier molecular flexibility index (Phi) is 4.93. The van der Waals surface area contributed by atoms with Crippen molar-refractivity contribution in [1.29, 1.82) is 0 Å². The second-order valence-electron chi connectivity index (χ2n) is 4.75. The molecule has 0 aliphatic heterocycles. The van der Waals surface area contributed by atoms with E-state index in [2.05, 4.69) is 51.4 Å². The lowest BCUT2D eigenvalue weighted by Gasteiger charge is -2.24. The maximum atomic E-state index is 4.59. The van der Waals surface area contributed by atoms with Crippen molar-refractivity contribution in [3.05, 3.63) is 42.2 Å². The van der Waals surface area contributed by atoms with Gasteiger partial charge in [-0.3, -0.25) is 0 Å². The zero-order valence-electron chi connectivity index (χ0n) is 12.4. The highest BCUT2D eigenvalue weighted by atomic mass is 15.2. The minimum atomic E-state index is 0.782. The molecule has 1 aromatic heterocycles. The van der Waals surface area contributed by atoms with Crippen molar-refractivity contribution in [3.8, 4) is 0 Å². The van der Waals surface area contributed by atoms with Gasteiger partial charge >= 0.3 is 0 Å². The molecular weight excluding hydrogens is 248 g/mol. The van der Waals surface area contributed by atoms with Crippen LogP contribution < -0.4 is 10.2 Å². The molecule has 20 heavy (non-hydrogen) atoms. The van der Waals surface area contributed by atoms with E-state index in [1.54, 1.807) is 0 Å². The van der Waals surface area contributed by atoms with Gasteiger partial charge in [0.2, 0.25) is 0 Å². The van der Waals surface area contributed by atoms with Gasteiger partial charge in [-0.25, -0.2) is 9.97 Å². The highest BCUT2D eigenvalue weighted by Gasteiger charge is 2.11. The summed E-state index contributed by atoms with van der Waals surface area (Å²) in [6.07, 6.45) is 2.29. The zero-order chi connectivity index (χ0) is 14.4. The van der Waals surface area contributed by atoms with E-state index >= 15 is 0 Å². The van der Waals surface area contributed by atoms with E-state index in [1.807, 2.05) is 26.1 Å². The number of nitrogens with zero attached hydrogens (tertiary/aromatic N) is 3. The van der Waals surface area contributed by atoms with Gasteiger partial charge in [-0.05, 0) is 25.5 Å². The van der Waals surface area contributed by atoms with Gasteiger partial charge in [0.25, 0.3) is 0 Å². The number of nitrogens with one attached hydrogen (secondary N) is 1. The molecule has 0 saturated carbocycles. The summed E-state index contributed by atoms with van der Waals surface area (Å²) in [5, 5.41) is 3.09. The molecule has 0 saturated heterocycles. The maximum Gasteiger partial charge on any atom is 0.138 e. The summed E-state index contributed by atoms with van der Waals surface area (Å²) >= 11 is 0. The smallest absolute Gasteiger partial charge is 0.138 e. The van der Waals surface area contributed by atoms with Gasteiger partial charge in [0.1, 0.15) is 17.5 Å². The monoisotopic (exact) mass is 270 g/mol. The summed E-state index contributed by atoms with van der Waals surface area (Å²) in [5.74, 6) is 2.58. The highest BCUT2D eigenvalue weighted by Crippen LogP contribution is 2.25. The van der Waals surface area contributed by atoms with E-state index in [4.69, 9.17) is 0 Å². The van der Waals surface area contributed by atoms with Crippen LogP contribution in [-0.2, 0) is 0 Å². The molecule has 0 radical (unpaired) electrons. The molecule has 2 aromatic rings. The Morgan fingerprint density at radius 3 is 2.55 bits per heavy atom. The number of hydrogen-bond donors (Lipinski definition) is 1. The Morgan fingerprint density at radius 2 is 1.90 bits per heavy atom. The largest absolute Gasteiger partial charge is 0.373 e. The van der Waals surface area contributed by atoms with Crippen LogP contribution in [0.25, 0.3) is 0 Å². The topological polar surface area (TPSA) is 41.0 Å². The van der Waals surface area contributed by atoms with E-state index in [1.165, 1.54) is 5.69 Å². The molecule has 0 amide bonds. The quantitative estimate of drug-likeness (QED) is 0.867. The van der Waals surface area contributed by atoms with Gasteiger partial charge in [-0.1, -0.05) is 31.5 Å². The molecule has 1 aromatic carbocycles. The first-order valence-electron chi connectivity index (χ1n) is 7.10. The number of rotatable bonds is 6. The van der Waals surface area contributed by atoms with Crippen LogP contribution in [0.5, 0.6) is 0 Å².